The maximum Gasteiger partial charge on any atom is 0.105 e. The molecule has 1 aromatic carbocycles. The minimum absolute atomic E-state index is 0.418. The van der Waals surface area contributed by atoms with Gasteiger partial charge in [0.05, 0.1) is 0 Å². The Hall–Kier alpha value is -0.610. The Kier molecular flexibility index (Phi) is 5.22. The highest BCUT2D eigenvalue weighted by atomic mass is 79.9. The molecule has 0 atom stereocenters. The van der Waals surface area contributed by atoms with Crippen LogP contribution in [0.15, 0.2) is 22.7 Å². The first-order valence-corrected chi connectivity index (χ1v) is 6.64. The molecule has 1 aromatic rings. The molecular formula is C12H17BrN2S. The summed E-state index contributed by atoms with van der Waals surface area (Å²) in [6.07, 6.45) is 2.23. The van der Waals surface area contributed by atoms with Gasteiger partial charge in [0.25, 0.3) is 0 Å². The van der Waals surface area contributed by atoms with E-state index in [2.05, 4.69) is 35.1 Å². The molecule has 0 heterocycles. The Morgan fingerprint density at radius 3 is 2.50 bits per heavy atom. The summed E-state index contributed by atoms with van der Waals surface area (Å²) in [5.74, 6) is 0. The zero-order valence-electron chi connectivity index (χ0n) is 9.59. The normalized spacial score (nSPS) is 10.5. The van der Waals surface area contributed by atoms with Crippen LogP contribution in [0.5, 0.6) is 0 Å². The fourth-order valence-electron chi connectivity index (χ4n) is 1.53. The summed E-state index contributed by atoms with van der Waals surface area (Å²) in [6, 6.07) is 6.49. The molecule has 0 unspecified atom stereocenters. The van der Waals surface area contributed by atoms with Crippen LogP contribution in [0.4, 0.5) is 5.69 Å². The van der Waals surface area contributed by atoms with Crippen LogP contribution >= 0.6 is 28.1 Å². The van der Waals surface area contributed by atoms with Crippen LogP contribution < -0.4 is 11.1 Å². The number of halogens is 1. The number of thiocarbonyl (C=S) groups is 1. The summed E-state index contributed by atoms with van der Waals surface area (Å²) >= 11 is 8.43. The molecule has 4 heteroatoms. The van der Waals surface area contributed by atoms with Crippen LogP contribution in [-0.4, -0.2) is 11.0 Å². The second-order valence-corrected chi connectivity index (χ2v) is 5.01. The third kappa shape index (κ3) is 3.46. The van der Waals surface area contributed by atoms with Crippen molar-refractivity contribution in [2.24, 2.45) is 5.73 Å². The van der Waals surface area contributed by atoms with Crippen LogP contribution in [-0.2, 0) is 0 Å². The van der Waals surface area contributed by atoms with E-state index in [1.165, 1.54) is 0 Å². The second kappa shape index (κ2) is 6.21. The highest BCUT2D eigenvalue weighted by Crippen LogP contribution is 2.22. The molecule has 0 saturated heterocycles. The van der Waals surface area contributed by atoms with Crippen molar-refractivity contribution >= 4 is 38.8 Å². The highest BCUT2D eigenvalue weighted by molar-refractivity contribution is 9.10. The smallest absolute Gasteiger partial charge is 0.105 e. The molecule has 0 spiro atoms. The van der Waals surface area contributed by atoms with E-state index in [0.717, 1.165) is 28.6 Å². The van der Waals surface area contributed by atoms with Gasteiger partial charge in [0.2, 0.25) is 0 Å². The molecule has 88 valence electrons. The third-order valence-corrected chi connectivity index (χ3v) is 3.47. The topological polar surface area (TPSA) is 38.0 Å². The molecule has 0 saturated carbocycles. The number of nitrogens with two attached hydrogens (primary N) is 1. The monoisotopic (exact) mass is 300 g/mol. The van der Waals surface area contributed by atoms with Gasteiger partial charge in [-0.3, -0.25) is 0 Å². The lowest BCUT2D eigenvalue weighted by molar-refractivity contribution is 0.672. The van der Waals surface area contributed by atoms with E-state index in [-0.39, 0.29) is 0 Å². The Morgan fingerprint density at radius 1 is 1.44 bits per heavy atom. The first-order chi connectivity index (χ1) is 7.58. The Bertz CT molecular complexity index is 375. The molecule has 1 rings (SSSR count). The lowest BCUT2D eigenvalue weighted by Gasteiger charge is -2.17. The van der Waals surface area contributed by atoms with Crippen molar-refractivity contribution in [1.29, 1.82) is 0 Å². The summed E-state index contributed by atoms with van der Waals surface area (Å²) in [4.78, 5) is 0.418. The van der Waals surface area contributed by atoms with Gasteiger partial charge < -0.3 is 11.1 Å². The minimum Gasteiger partial charge on any atom is -0.389 e. The molecule has 0 amide bonds. The summed E-state index contributed by atoms with van der Waals surface area (Å²) in [7, 11) is 0. The van der Waals surface area contributed by atoms with Gasteiger partial charge in [0.15, 0.2) is 0 Å². The maximum absolute atomic E-state index is 5.60. The van der Waals surface area contributed by atoms with Crippen LogP contribution in [0.25, 0.3) is 0 Å². The Morgan fingerprint density at radius 2 is 2.06 bits per heavy atom. The zero-order chi connectivity index (χ0) is 12.1. The standard InChI is InChI=1S/C12H17BrN2S/c1-3-8(4-2)15-9-5-6-10(12(14)16)11(13)7-9/h5-8,15H,3-4H2,1-2H3,(H2,14,16). The van der Waals surface area contributed by atoms with Crippen molar-refractivity contribution in [3.05, 3.63) is 28.2 Å². The number of anilines is 1. The predicted molar refractivity (Wildman–Crippen MR) is 78.0 cm³/mol. The molecule has 0 radical (unpaired) electrons. The molecular weight excluding hydrogens is 284 g/mol. The van der Waals surface area contributed by atoms with E-state index in [0.29, 0.717) is 11.0 Å². The maximum atomic E-state index is 5.60. The second-order valence-electron chi connectivity index (χ2n) is 3.72. The van der Waals surface area contributed by atoms with Crippen LogP contribution in [0.1, 0.15) is 32.3 Å². The molecule has 16 heavy (non-hydrogen) atoms. The largest absolute Gasteiger partial charge is 0.389 e. The first kappa shape index (κ1) is 13.5. The fourth-order valence-corrected chi connectivity index (χ4v) is 2.43. The van der Waals surface area contributed by atoms with E-state index in [9.17, 15) is 0 Å². The lowest BCUT2D eigenvalue weighted by Crippen LogP contribution is -2.17. The summed E-state index contributed by atoms with van der Waals surface area (Å²) < 4.78 is 0.941. The number of hydrogen-bond donors (Lipinski definition) is 2. The Balaban J connectivity index is 2.84. The highest BCUT2D eigenvalue weighted by Gasteiger charge is 2.06. The average Bonchev–Trinajstić information content (AvgIpc) is 2.25. The Labute approximate surface area is 111 Å². The van der Waals surface area contributed by atoms with Crippen molar-refractivity contribution in [3.8, 4) is 0 Å². The number of hydrogen-bond acceptors (Lipinski definition) is 2. The summed E-state index contributed by atoms with van der Waals surface area (Å²) in [5.41, 5.74) is 7.58. The average molecular weight is 301 g/mol. The van der Waals surface area contributed by atoms with E-state index in [1.807, 2.05) is 18.2 Å². The molecule has 0 bridgehead atoms. The fraction of sp³-hybridized carbons (Fsp3) is 0.417. The number of rotatable bonds is 5. The van der Waals surface area contributed by atoms with Gasteiger partial charge in [0, 0.05) is 21.8 Å². The SMILES string of the molecule is CCC(CC)Nc1ccc(C(N)=S)c(Br)c1. The van der Waals surface area contributed by atoms with Crippen molar-refractivity contribution in [2.45, 2.75) is 32.7 Å². The van der Waals surface area contributed by atoms with Gasteiger partial charge in [-0.15, -0.1) is 0 Å². The van der Waals surface area contributed by atoms with Crippen molar-refractivity contribution in [2.75, 3.05) is 5.32 Å². The molecule has 0 aliphatic carbocycles. The minimum atomic E-state index is 0.418. The zero-order valence-corrected chi connectivity index (χ0v) is 12.0. The summed E-state index contributed by atoms with van der Waals surface area (Å²) in [5, 5.41) is 3.47. The molecule has 2 nitrogen and oxygen atoms in total. The molecule has 0 aliphatic heterocycles. The molecule has 0 fully saturated rings. The third-order valence-electron chi connectivity index (χ3n) is 2.59. The van der Waals surface area contributed by atoms with Gasteiger partial charge in [-0.05, 0) is 47.0 Å². The van der Waals surface area contributed by atoms with Gasteiger partial charge in [0.1, 0.15) is 4.99 Å². The van der Waals surface area contributed by atoms with E-state index in [4.69, 9.17) is 18.0 Å². The van der Waals surface area contributed by atoms with Crippen LogP contribution in [0, 0.1) is 0 Å². The predicted octanol–water partition coefficient (Wildman–Crippen LogP) is 3.68. The molecule has 3 N–H and O–H groups in total. The lowest BCUT2D eigenvalue weighted by atomic mass is 10.1. The van der Waals surface area contributed by atoms with Crippen molar-refractivity contribution < 1.29 is 0 Å². The van der Waals surface area contributed by atoms with Gasteiger partial charge in [-0.1, -0.05) is 26.1 Å². The van der Waals surface area contributed by atoms with E-state index >= 15 is 0 Å². The van der Waals surface area contributed by atoms with Crippen molar-refractivity contribution in [1.82, 2.24) is 0 Å². The summed E-state index contributed by atoms with van der Waals surface area (Å²) in [6.45, 7) is 4.36. The van der Waals surface area contributed by atoms with Crippen LogP contribution in [0.3, 0.4) is 0 Å². The van der Waals surface area contributed by atoms with E-state index in [1.54, 1.807) is 0 Å². The molecule has 0 aromatic heterocycles. The first-order valence-electron chi connectivity index (χ1n) is 5.44. The van der Waals surface area contributed by atoms with E-state index < -0.39 is 0 Å². The number of nitrogens with one attached hydrogen (secondary N) is 1. The number of benzene rings is 1. The van der Waals surface area contributed by atoms with Gasteiger partial charge in [-0.25, -0.2) is 0 Å². The van der Waals surface area contributed by atoms with Crippen molar-refractivity contribution in [3.63, 3.8) is 0 Å². The van der Waals surface area contributed by atoms with Gasteiger partial charge >= 0.3 is 0 Å². The van der Waals surface area contributed by atoms with Gasteiger partial charge in [-0.2, -0.15) is 0 Å². The van der Waals surface area contributed by atoms with Crippen LogP contribution in [0.2, 0.25) is 0 Å². The molecule has 0 aliphatic rings. The quantitative estimate of drug-likeness (QED) is 0.815.